The van der Waals surface area contributed by atoms with Gasteiger partial charge in [-0.05, 0) is 50.2 Å². The van der Waals surface area contributed by atoms with E-state index in [-0.39, 0.29) is 24.1 Å². The maximum Gasteiger partial charge on any atom is 0.315 e. The quantitative estimate of drug-likeness (QED) is 0.662. The summed E-state index contributed by atoms with van der Waals surface area (Å²) in [5.41, 5.74) is 0.955. The van der Waals surface area contributed by atoms with Crippen LogP contribution in [0.3, 0.4) is 0 Å². The molecule has 0 atom stereocenters. The van der Waals surface area contributed by atoms with Crippen LogP contribution in [0.15, 0.2) is 18.2 Å². The number of carbonyl (C=O) groups excluding carboxylic acids is 1. The molecule has 3 N–H and O–H groups in total. The third-order valence-electron chi connectivity index (χ3n) is 4.77. The molecule has 0 unspecified atom stereocenters. The summed E-state index contributed by atoms with van der Waals surface area (Å²) in [6, 6.07) is 6.21. The van der Waals surface area contributed by atoms with Crippen LogP contribution in [-0.4, -0.2) is 48.4 Å². The number of hydrogen-bond acceptors (Lipinski definition) is 4. The second-order valence-corrected chi connectivity index (χ2v) is 7.72. The van der Waals surface area contributed by atoms with Crippen molar-refractivity contribution in [3.8, 4) is 0 Å². The highest BCUT2D eigenvalue weighted by atomic mass is 16.3. The summed E-state index contributed by atoms with van der Waals surface area (Å²) >= 11 is 0. The van der Waals surface area contributed by atoms with Gasteiger partial charge in [-0.25, -0.2) is 9.78 Å². The van der Waals surface area contributed by atoms with Gasteiger partial charge in [-0.1, -0.05) is 19.9 Å². The number of pyridine rings is 1. The third-order valence-corrected chi connectivity index (χ3v) is 4.77. The normalized spacial score (nSPS) is 15.9. The molecule has 0 spiro atoms. The molecule has 0 radical (unpaired) electrons. The number of piperidine rings is 1. The smallest absolute Gasteiger partial charge is 0.315 e. The number of aliphatic hydroxyl groups is 1. The van der Waals surface area contributed by atoms with E-state index in [1.807, 2.05) is 39.0 Å². The summed E-state index contributed by atoms with van der Waals surface area (Å²) in [6.45, 7) is 8.70. The van der Waals surface area contributed by atoms with Gasteiger partial charge in [-0.3, -0.25) is 0 Å². The fourth-order valence-corrected chi connectivity index (χ4v) is 3.04. The Morgan fingerprint density at radius 2 is 2.08 bits per heavy atom. The van der Waals surface area contributed by atoms with E-state index >= 15 is 0 Å². The van der Waals surface area contributed by atoms with Crippen LogP contribution in [-0.2, 0) is 0 Å². The van der Waals surface area contributed by atoms with Crippen LogP contribution in [0.2, 0.25) is 0 Å². The van der Waals surface area contributed by atoms with Gasteiger partial charge in [0, 0.05) is 38.0 Å². The number of urea groups is 1. The minimum absolute atomic E-state index is 0.0746. The lowest BCUT2D eigenvalue weighted by molar-refractivity contribution is 0.148. The molecule has 1 fully saturated rings. The first-order valence-electron chi connectivity index (χ1n) is 9.23. The Kier molecular flexibility index (Phi) is 7.05. The van der Waals surface area contributed by atoms with E-state index in [0.29, 0.717) is 6.54 Å². The van der Waals surface area contributed by atoms with Gasteiger partial charge < -0.3 is 20.6 Å². The number of aromatic nitrogens is 1. The maximum absolute atomic E-state index is 12.0. The van der Waals surface area contributed by atoms with E-state index in [1.165, 1.54) is 0 Å². The lowest BCUT2D eigenvalue weighted by atomic mass is 9.89. The van der Waals surface area contributed by atoms with Crippen molar-refractivity contribution in [1.82, 2.24) is 15.6 Å². The van der Waals surface area contributed by atoms with Gasteiger partial charge in [0.15, 0.2) is 0 Å². The van der Waals surface area contributed by atoms with Crippen LogP contribution in [0.1, 0.15) is 45.2 Å². The molecular formula is C19H32N4O2. The van der Waals surface area contributed by atoms with Crippen molar-refractivity contribution in [3.05, 3.63) is 23.9 Å². The van der Waals surface area contributed by atoms with E-state index in [4.69, 9.17) is 0 Å². The molecule has 0 saturated carbocycles. The molecule has 0 bridgehead atoms. The van der Waals surface area contributed by atoms with E-state index in [0.717, 1.165) is 50.3 Å². The van der Waals surface area contributed by atoms with Crippen LogP contribution in [0.4, 0.5) is 10.6 Å². The molecule has 2 rings (SSSR count). The predicted molar refractivity (Wildman–Crippen MR) is 101 cm³/mol. The zero-order chi connectivity index (χ0) is 18.3. The van der Waals surface area contributed by atoms with E-state index in [2.05, 4.69) is 20.5 Å². The van der Waals surface area contributed by atoms with Crippen LogP contribution in [0, 0.1) is 12.3 Å². The summed E-state index contributed by atoms with van der Waals surface area (Å²) in [4.78, 5) is 18.8. The van der Waals surface area contributed by atoms with Gasteiger partial charge in [0.05, 0.1) is 0 Å². The van der Waals surface area contributed by atoms with E-state index in [9.17, 15) is 9.90 Å². The number of hydrogen-bond donors (Lipinski definition) is 3. The summed E-state index contributed by atoms with van der Waals surface area (Å²) < 4.78 is 0. The first-order chi connectivity index (χ1) is 11.9. The molecule has 1 saturated heterocycles. The molecule has 1 aliphatic rings. The van der Waals surface area contributed by atoms with Crippen molar-refractivity contribution in [1.29, 1.82) is 0 Å². The van der Waals surface area contributed by atoms with Crippen LogP contribution in [0.5, 0.6) is 0 Å². The number of aryl methyl sites for hydroxylation is 1. The van der Waals surface area contributed by atoms with Crippen molar-refractivity contribution in [2.75, 3.05) is 31.1 Å². The van der Waals surface area contributed by atoms with Crippen molar-refractivity contribution < 1.29 is 9.90 Å². The van der Waals surface area contributed by atoms with Gasteiger partial charge in [0.2, 0.25) is 0 Å². The summed E-state index contributed by atoms with van der Waals surface area (Å²) in [5, 5.41) is 15.2. The zero-order valence-electron chi connectivity index (χ0n) is 15.7. The fraction of sp³-hybridized carbons (Fsp3) is 0.684. The zero-order valence-corrected chi connectivity index (χ0v) is 15.7. The van der Waals surface area contributed by atoms with E-state index in [1.54, 1.807) is 0 Å². The molecule has 25 heavy (non-hydrogen) atoms. The van der Waals surface area contributed by atoms with Gasteiger partial charge in [0.1, 0.15) is 5.82 Å². The first-order valence-corrected chi connectivity index (χ1v) is 9.23. The van der Waals surface area contributed by atoms with Crippen LogP contribution in [0.25, 0.3) is 0 Å². The summed E-state index contributed by atoms with van der Waals surface area (Å²) in [7, 11) is 0. The fourth-order valence-electron chi connectivity index (χ4n) is 3.04. The van der Waals surface area contributed by atoms with Crippen LogP contribution >= 0.6 is 0 Å². The molecule has 0 aliphatic carbocycles. The number of amides is 2. The van der Waals surface area contributed by atoms with Gasteiger partial charge in [0.25, 0.3) is 0 Å². The average molecular weight is 348 g/mol. The van der Waals surface area contributed by atoms with Gasteiger partial charge >= 0.3 is 6.03 Å². The lowest BCUT2D eigenvalue weighted by Gasteiger charge is -2.33. The number of nitrogens with zero attached hydrogens (tertiary/aromatic N) is 2. The molecule has 1 aromatic rings. The highest BCUT2D eigenvalue weighted by Crippen LogP contribution is 2.20. The average Bonchev–Trinajstić information content (AvgIpc) is 2.59. The molecule has 140 valence electrons. The SMILES string of the molecule is Cc1cccc(N2CCC(NC(=O)NCCCC(C)(C)CO)CC2)n1. The highest BCUT2D eigenvalue weighted by molar-refractivity contribution is 5.74. The number of carbonyl (C=O) groups is 1. The summed E-state index contributed by atoms with van der Waals surface area (Å²) in [5.74, 6) is 1.02. The molecule has 6 heteroatoms. The maximum atomic E-state index is 12.0. The lowest BCUT2D eigenvalue weighted by Crippen LogP contribution is -2.48. The number of aliphatic hydroxyl groups excluding tert-OH is 1. The second kappa shape index (κ2) is 9.04. The summed E-state index contributed by atoms with van der Waals surface area (Å²) in [6.07, 6.45) is 3.63. The van der Waals surface area contributed by atoms with Gasteiger partial charge in [-0.2, -0.15) is 0 Å². The Balaban J connectivity index is 1.65. The third kappa shape index (κ3) is 6.53. The molecule has 2 heterocycles. The predicted octanol–water partition coefficient (Wildman–Crippen LogP) is 2.46. The van der Waals surface area contributed by atoms with Gasteiger partial charge in [-0.15, -0.1) is 0 Å². The molecule has 1 aliphatic heterocycles. The second-order valence-electron chi connectivity index (χ2n) is 7.72. The Morgan fingerprint density at radius 3 is 2.72 bits per heavy atom. The van der Waals surface area contributed by atoms with Crippen LogP contribution < -0.4 is 15.5 Å². The van der Waals surface area contributed by atoms with Crippen molar-refractivity contribution in [3.63, 3.8) is 0 Å². The first kappa shape index (κ1) is 19.5. The monoisotopic (exact) mass is 348 g/mol. The van der Waals surface area contributed by atoms with E-state index < -0.39 is 0 Å². The molecule has 0 aromatic carbocycles. The minimum Gasteiger partial charge on any atom is -0.396 e. The Morgan fingerprint density at radius 1 is 1.36 bits per heavy atom. The Hall–Kier alpha value is -1.82. The van der Waals surface area contributed by atoms with Crippen molar-refractivity contribution in [2.45, 2.75) is 52.5 Å². The van der Waals surface area contributed by atoms with Crippen molar-refractivity contribution >= 4 is 11.8 Å². The van der Waals surface area contributed by atoms with Crippen molar-refractivity contribution in [2.24, 2.45) is 5.41 Å². The largest absolute Gasteiger partial charge is 0.396 e. The molecule has 2 amide bonds. The standard InChI is InChI=1S/C19H32N4O2/c1-15-6-4-7-17(21-15)23-12-8-16(9-13-23)22-18(25)20-11-5-10-19(2,3)14-24/h4,6-7,16,24H,5,8-14H2,1-3H3,(H2,20,22,25). The number of rotatable bonds is 7. The molecule has 6 nitrogen and oxygen atoms in total. The highest BCUT2D eigenvalue weighted by Gasteiger charge is 2.21. The number of anilines is 1. The number of nitrogens with one attached hydrogen (secondary N) is 2. The minimum atomic E-state index is -0.0889. The topological polar surface area (TPSA) is 77.5 Å². The Labute approximate surface area is 151 Å². The Bertz CT molecular complexity index is 554. The molecule has 1 aromatic heterocycles. The molecular weight excluding hydrogens is 316 g/mol.